The third kappa shape index (κ3) is 4.58. The van der Waals surface area contributed by atoms with Gasteiger partial charge >= 0.3 is 11.5 Å². The zero-order valence-electron chi connectivity index (χ0n) is 21.2. The van der Waals surface area contributed by atoms with Gasteiger partial charge in [-0.1, -0.05) is 60.7 Å². The number of para-hydroxylation sites is 1. The molecular weight excluding hydrogens is 490 g/mol. The zero-order chi connectivity index (χ0) is 26.9. The third-order valence-corrected chi connectivity index (χ3v) is 6.59. The molecule has 0 aliphatic rings. The molecular formula is C31H25N5O3. The Hall–Kier alpha value is -5.08. The third-order valence-electron chi connectivity index (χ3n) is 6.59. The molecule has 0 amide bonds. The molecule has 8 nitrogen and oxygen atoms in total. The first kappa shape index (κ1) is 24.3. The summed E-state index contributed by atoms with van der Waals surface area (Å²) in [6, 6.07) is 28.9. The summed E-state index contributed by atoms with van der Waals surface area (Å²) in [5.41, 5.74) is 11.5. The lowest BCUT2D eigenvalue weighted by Crippen LogP contribution is -2.31. The summed E-state index contributed by atoms with van der Waals surface area (Å²) in [6.45, 7) is 2.11. The summed E-state index contributed by atoms with van der Waals surface area (Å²) in [6.07, 6.45) is 1.90. The maximum absolute atomic E-state index is 13.8. The van der Waals surface area contributed by atoms with E-state index in [0.29, 0.717) is 29.7 Å². The number of carbonyl (C=O) groups is 1. The molecule has 39 heavy (non-hydrogen) atoms. The average molecular weight is 516 g/mol. The molecule has 0 fully saturated rings. The van der Waals surface area contributed by atoms with Crippen molar-refractivity contribution in [3.63, 3.8) is 0 Å². The maximum atomic E-state index is 13.8. The molecule has 0 radical (unpaired) electrons. The summed E-state index contributed by atoms with van der Waals surface area (Å²) in [4.78, 5) is 40.8. The second-order valence-corrected chi connectivity index (χ2v) is 9.22. The van der Waals surface area contributed by atoms with Crippen LogP contribution in [0.4, 0.5) is 0 Å². The van der Waals surface area contributed by atoms with Crippen molar-refractivity contribution in [2.45, 2.75) is 20.0 Å². The summed E-state index contributed by atoms with van der Waals surface area (Å²) < 4.78 is 3.08. The van der Waals surface area contributed by atoms with Gasteiger partial charge in [0.15, 0.2) is 0 Å². The number of benzene rings is 3. The first-order valence-electron chi connectivity index (χ1n) is 12.6. The zero-order valence-corrected chi connectivity index (χ0v) is 21.2. The van der Waals surface area contributed by atoms with Crippen LogP contribution in [0.25, 0.3) is 44.3 Å². The van der Waals surface area contributed by atoms with Crippen LogP contribution in [0.1, 0.15) is 18.3 Å². The molecule has 3 aromatic heterocycles. The van der Waals surface area contributed by atoms with Crippen LogP contribution >= 0.6 is 0 Å². The lowest BCUT2D eigenvalue weighted by Gasteiger charge is -2.12. The Morgan fingerprint density at radius 3 is 2.41 bits per heavy atom. The standard InChI is InChI=1S/C31H25N5O3/c1-20(37)39-36-29-16-22(21-8-3-2-4-9-21)14-15-27(29)34-30(31(36)38)26-19-35(28-13-6-5-12-25(26)28)18-24-11-7-10-23(17-32)33-24/h2-16,19H,17-18,32H2,1H3. The Kier molecular flexibility index (Phi) is 6.22. The molecule has 3 aromatic carbocycles. The van der Waals surface area contributed by atoms with Gasteiger partial charge in [-0.2, -0.15) is 0 Å². The molecule has 6 rings (SSSR count). The van der Waals surface area contributed by atoms with Crippen molar-refractivity contribution < 1.29 is 9.63 Å². The second kappa shape index (κ2) is 10.00. The number of rotatable bonds is 6. The highest BCUT2D eigenvalue weighted by Gasteiger charge is 2.20. The Labute approximate surface area is 223 Å². The number of pyridine rings is 1. The fraction of sp³-hybridized carbons (Fsp3) is 0.0968. The van der Waals surface area contributed by atoms with Crippen molar-refractivity contribution in [2.24, 2.45) is 5.73 Å². The van der Waals surface area contributed by atoms with Gasteiger partial charge in [0.2, 0.25) is 0 Å². The first-order valence-corrected chi connectivity index (χ1v) is 12.6. The Balaban J connectivity index is 1.54. The maximum Gasteiger partial charge on any atom is 0.330 e. The first-order chi connectivity index (χ1) is 19.0. The van der Waals surface area contributed by atoms with Crippen molar-refractivity contribution in [1.82, 2.24) is 19.3 Å². The van der Waals surface area contributed by atoms with E-state index in [4.69, 9.17) is 15.6 Å². The highest BCUT2D eigenvalue weighted by Crippen LogP contribution is 2.30. The average Bonchev–Trinajstić information content (AvgIpc) is 3.32. The van der Waals surface area contributed by atoms with Crippen LogP contribution in [0.5, 0.6) is 0 Å². The van der Waals surface area contributed by atoms with Crippen LogP contribution < -0.4 is 16.1 Å². The minimum atomic E-state index is -0.603. The molecule has 8 heteroatoms. The number of aromatic nitrogens is 4. The Morgan fingerprint density at radius 2 is 1.62 bits per heavy atom. The smallest absolute Gasteiger partial charge is 0.330 e. The van der Waals surface area contributed by atoms with Crippen LogP contribution in [-0.2, 0) is 17.9 Å². The van der Waals surface area contributed by atoms with E-state index in [9.17, 15) is 9.59 Å². The SMILES string of the molecule is CC(=O)On1c(=O)c(-c2cn(Cc3cccc(CN)n3)c3ccccc23)nc2ccc(-c3ccccc3)cc21. The normalized spacial score (nSPS) is 11.2. The number of hydrogen-bond acceptors (Lipinski definition) is 6. The van der Waals surface area contributed by atoms with Crippen LogP contribution in [0.15, 0.2) is 102 Å². The number of fused-ring (bicyclic) bond motifs is 2. The number of nitrogens with zero attached hydrogens (tertiary/aromatic N) is 4. The summed E-state index contributed by atoms with van der Waals surface area (Å²) in [5.74, 6) is -0.603. The van der Waals surface area contributed by atoms with Crippen molar-refractivity contribution in [2.75, 3.05) is 0 Å². The van der Waals surface area contributed by atoms with Gasteiger partial charge < -0.3 is 15.1 Å². The molecule has 0 unspecified atom stereocenters. The minimum Gasteiger partial charge on any atom is -0.341 e. The molecule has 192 valence electrons. The van der Waals surface area contributed by atoms with Gasteiger partial charge in [-0.3, -0.25) is 9.78 Å². The fourth-order valence-corrected chi connectivity index (χ4v) is 4.83. The lowest BCUT2D eigenvalue weighted by molar-refractivity contribution is -0.141. The molecule has 2 N–H and O–H groups in total. The van der Waals surface area contributed by atoms with Gasteiger partial charge in [0.1, 0.15) is 11.2 Å². The molecule has 0 atom stereocenters. The van der Waals surface area contributed by atoms with E-state index in [1.165, 1.54) is 6.92 Å². The van der Waals surface area contributed by atoms with Crippen LogP contribution in [0, 0.1) is 0 Å². The highest BCUT2D eigenvalue weighted by atomic mass is 16.7. The van der Waals surface area contributed by atoms with Gasteiger partial charge in [0, 0.05) is 36.1 Å². The molecule has 0 aliphatic heterocycles. The van der Waals surface area contributed by atoms with Crippen LogP contribution in [0.3, 0.4) is 0 Å². The van der Waals surface area contributed by atoms with Crippen molar-refractivity contribution >= 4 is 27.9 Å². The van der Waals surface area contributed by atoms with Crippen molar-refractivity contribution in [1.29, 1.82) is 0 Å². The predicted molar refractivity (Wildman–Crippen MR) is 151 cm³/mol. The van der Waals surface area contributed by atoms with E-state index in [0.717, 1.165) is 38.1 Å². The Morgan fingerprint density at radius 1 is 0.846 bits per heavy atom. The fourth-order valence-electron chi connectivity index (χ4n) is 4.83. The number of hydrogen-bond donors (Lipinski definition) is 1. The van der Waals surface area contributed by atoms with E-state index in [1.807, 2.05) is 102 Å². The van der Waals surface area contributed by atoms with E-state index >= 15 is 0 Å². The van der Waals surface area contributed by atoms with E-state index in [1.54, 1.807) is 0 Å². The number of nitrogens with two attached hydrogens (primary N) is 1. The summed E-state index contributed by atoms with van der Waals surface area (Å²) in [5, 5.41) is 0.853. The summed E-state index contributed by atoms with van der Waals surface area (Å²) >= 11 is 0. The van der Waals surface area contributed by atoms with Crippen molar-refractivity contribution in [3.8, 4) is 22.4 Å². The Bertz CT molecular complexity index is 1910. The van der Waals surface area contributed by atoms with E-state index < -0.39 is 11.5 Å². The van der Waals surface area contributed by atoms with Gasteiger partial charge in [-0.05, 0) is 41.5 Å². The molecule has 0 bridgehead atoms. The quantitative estimate of drug-likeness (QED) is 0.349. The molecule has 0 aliphatic carbocycles. The lowest BCUT2D eigenvalue weighted by atomic mass is 10.0. The van der Waals surface area contributed by atoms with E-state index in [2.05, 4.69) is 4.98 Å². The molecule has 0 saturated carbocycles. The minimum absolute atomic E-state index is 0.190. The topological polar surface area (TPSA) is 105 Å². The van der Waals surface area contributed by atoms with Crippen molar-refractivity contribution in [3.05, 3.63) is 119 Å². The molecule has 0 spiro atoms. The predicted octanol–water partition coefficient (Wildman–Crippen LogP) is 4.56. The van der Waals surface area contributed by atoms with E-state index in [-0.39, 0.29) is 5.69 Å². The summed E-state index contributed by atoms with van der Waals surface area (Å²) in [7, 11) is 0. The largest absolute Gasteiger partial charge is 0.341 e. The van der Waals surface area contributed by atoms with Gasteiger partial charge in [-0.15, -0.1) is 4.73 Å². The van der Waals surface area contributed by atoms with Crippen LogP contribution in [-0.4, -0.2) is 25.2 Å². The van der Waals surface area contributed by atoms with Gasteiger partial charge in [0.25, 0.3) is 0 Å². The molecule has 3 heterocycles. The van der Waals surface area contributed by atoms with Gasteiger partial charge in [-0.25, -0.2) is 9.78 Å². The number of carbonyl (C=O) groups excluding carboxylic acids is 1. The molecule has 6 aromatic rings. The monoisotopic (exact) mass is 515 g/mol. The highest BCUT2D eigenvalue weighted by molar-refractivity contribution is 5.96. The second-order valence-electron chi connectivity index (χ2n) is 9.22. The molecule has 0 saturated heterocycles. The van der Waals surface area contributed by atoms with Gasteiger partial charge in [0.05, 0.1) is 23.4 Å². The van der Waals surface area contributed by atoms with Crippen LogP contribution in [0.2, 0.25) is 0 Å².